The Labute approximate surface area is 163 Å². The molecule has 0 spiro atoms. The van der Waals surface area contributed by atoms with E-state index in [2.05, 4.69) is 10.3 Å². The zero-order chi connectivity index (χ0) is 18.5. The lowest BCUT2D eigenvalue weighted by Crippen LogP contribution is -2.08. The minimum atomic E-state index is 0.106. The smallest absolute Gasteiger partial charge is 0.187 e. The molecule has 6 nitrogen and oxygen atoms in total. The summed E-state index contributed by atoms with van der Waals surface area (Å²) in [6.45, 7) is 0. The molecule has 0 unspecified atom stereocenters. The van der Waals surface area contributed by atoms with Crippen LogP contribution in [0.1, 0.15) is 10.6 Å². The predicted octanol–water partition coefficient (Wildman–Crippen LogP) is 4.54. The van der Waals surface area contributed by atoms with E-state index in [1.165, 1.54) is 22.7 Å². The molecule has 0 saturated carbocycles. The highest BCUT2D eigenvalue weighted by molar-refractivity contribution is 7.98. The average Bonchev–Trinajstić information content (AvgIpc) is 3.29. The highest BCUT2D eigenvalue weighted by Crippen LogP contribution is 2.33. The SMILES string of the molecule is COc1ccc(OC)c(Nc2nc(CSc3csc(C(=N)N)c3)cs2)c1. The van der Waals surface area contributed by atoms with Crippen LogP contribution in [0.4, 0.5) is 10.8 Å². The zero-order valence-corrected chi connectivity index (χ0v) is 16.7. The van der Waals surface area contributed by atoms with Crippen molar-refractivity contribution in [2.24, 2.45) is 5.73 Å². The van der Waals surface area contributed by atoms with E-state index in [4.69, 9.17) is 20.6 Å². The molecule has 2 aromatic heterocycles. The lowest BCUT2D eigenvalue weighted by molar-refractivity contribution is 0.405. The Morgan fingerprint density at radius 1 is 1.23 bits per heavy atom. The summed E-state index contributed by atoms with van der Waals surface area (Å²) < 4.78 is 10.6. The molecule has 0 aliphatic rings. The van der Waals surface area contributed by atoms with Gasteiger partial charge in [0, 0.05) is 27.5 Å². The second-order valence-electron chi connectivity index (χ2n) is 5.18. The Morgan fingerprint density at radius 3 is 2.77 bits per heavy atom. The molecule has 0 fully saturated rings. The Balaban J connectivity index is 1.65. The number of aromatic nitrogens is 1. The molecular weight excluding hydrogens is 388 g/mol. The third-order valence-electron chi connectivity index (χ3n) is 3.43. The standard InChI is InChI=1S/C17H18N4O2S3/c1-22-11-3-4-14(23-2)13(5-11)21-17-20-10(8-26-17)7-24-12-6-15(16(18)19)25-9-12/h3-6,8-9H,7H2,1-2H3,(H3,18,19)(H,20,21). The van der Waals surface area contributed by atoms with E-state index in [1.807, 2.05) is 35.0 Å². The van der Waals surface area contributed by atoms with Crippen LogP contribution >= 0.6 is 34.4 Å². The lowest BCUT2D eigenvalue weighted by Gasteiger charge is -2.10. The molecule has 0 aliphatic heterocycles. The van der Waals surface area contributed by atoms with E-state index >= 15 is 0 Å². The molecule has 0 bridgehead atoms. The molecule has 26 heavy (non-hydrogen) atoms. The average molecular weight is 407 g/mol. The van der Waals surface area contributed by atoms with Crippen molar-refractivity contribution < 1.29 is 9.47 Å². The minimum Gasteiger partial charge on any atom is -0.497 e. The summed E-state index contributed by atoms with van der Waals surface area (Å²) in [5.74, 6) is 2.34. The van der Waals surface area contributed by atoms with E-state index in [0.29, 0.717) is 0 Å². The Hall–Kier alpha value is -2.23. The highest BCUT2D eigenvalue weighted by Gasteiger charge is 2.09. The number of thioether (sulfide) groups is 1. The van der Waals surface area contributed by atoms with E-state index in [-0.39, 0.29) is 5.84 Å². The van der Waals surface area contributed by atoms with Gasteiger partial charge in [-0.1, -0.05) is 0 Å². The van der Waals surface area contributed by atoms with Crippen molar-refractivity contribution in [3.05, 3.63) is 45.6 Å². The number of anilines is 2. The molecule has 9 heteroatoms. The van der Waals surface area contributed by atoms with Gasteiger partial charge < -0.3 is 20.5 Å². The number of thiazole rings is 1. The lowest BCUT2D eigenvalue weighted by atomic mass is 10.2. The van der Waals surface area contributed by atoms with Gasteiger partial charge in [0.1, 0.15) is 17.3 Å². The summed E-state index contributed by atoms with van der Waals surface area (Å²) in [6.07, 6.45) is 0. The van der Waals surface area contributed by atoms with Gasteiger partial charge in [-0.2, -0.15) is 0 Å². The number of benzene rings is 1. The van der Waals surface area contributed by atoms with Crippen molar-refractivity contribution in [3.8, 4) is 11.5 Å². The number of nitrogens with two attached hydrogens (primary N) is 1. The topological polar surface area (TPSA) is 93.2 Å². The predicted molar refractivity (Wildman–Crippen MR) is 110 cm³/mol. The Bertz CT molecular complexity index is 907. The first kappa shape index (κ1) is 18.6. The molecule has 4 N–H and O–H groups in total. The molecular formula is C17H18N4O2S3. The van der Waals surface area contributed by atoms with Crippen molar-refractivity contribution in [2.45, 2.75) is 10.6 Å². The Morgan fingerprint density at radius 2 is 2.08 bits per heavy atom. The second kappa shape index (κ2) is 8.43. The highest BCUT2D eigenvalue weighted by atomic mass is 32.2. The van der Waals surface area contributed by atoms with Crippen LogP contribution in [0.15, 0.2) is 39.9 Å². The van der Waals surface area contributed by atoms with E-state index in [9.17, 15) is 0 Å². The number of ether oxygens (including phenoxy) is 2. The first-order chi connectivity index (χ1) is 12.6. The van der Waals surface area contributed by atoms with Gasteiger partial charge >= 0.3 is 0 Å². The summed E-state index contributed by atoms with van der Waals surface area (Å²) in [5, 5.41) is 15.6. The van der Waals surface area contributed by atoms with Crippen molar-refractivity contribution in [1.29, 1.82) is 5.41 Å². The number of amidine groups is 1. The number of nitrogens with zero attached hydrogens (tertiary/aromatic N) is 1. The first-order valence-corrected chi connectivity index (χ1v) is 10.3. The number of thiophene rings is 1. The summed E-state index contributed by atoms with van der Waals surface area (Å²) in [5.41, 5.74) is 7.30. The number of nitrogens with one attached hydrogen (secondary N) is 2. The van der Waals surface area contributed by atoms with Gasteiger partial charge in [-0.25, -0.2) is 4.98 Å². The van der Waals surface area contributed by atoms with Crippen molar-refractivity contribution in [3.63, 3.8) is 0 Å². The van der Waals surface area contributed by atoms with Gasteiger partial charge in [0.25, 0.3) is 0 Å². The van der Waals surface area contributed by atoms with Crippen molar-refractivity contribution in [1.82, 2.24) is 4.98 Å². The number of nitrogen functional groups attached to an aromatic ring is 1. The summed E-state index contributed by atoms with van der Waals surface area (Å²) >= 11 is 4.69. The van der Waals surface area contributed by atoms with Crippen LogP contribution in [0.3, 0.4) is 0 Å². The maximum atomic E-state index is 7.46. The normalized spacial score (nSPS) is 10.5. The monoisotopic (exact) mass is 406 g/mol. The Kier molecular flexibility index (Phi) is 6.02. The van der Waals surface area contributed by atoms with Crippen LogP contribution < -0.4 is 20.5 Å². The minimum absolute atomic E-state index is 0.106. The van der Waals surface area contributed by atoms with Gasteiger partial charge in [-0.15, -0.1) is 34.4 Å². The quantitative estimate of drug-likeness (QED) is 0.289. The molecule has 136 valence electrons. The van der Waals surface area contributed by atoms with Crippen molar-refractivity contribution in [2.75, 3.05) is 19.5 Å². The summed E-state index contributed by atoms with van der Waals surface area (Å²) in [6, 6.07) is 7.52. The van der Waals surface area contributed by atoms with E-state index < -0.39 is 0 Å². The van der Waals surface area contributed by atoms with Gasteiger partial charge in [0.2, 0.25) is 0 Å². The fourth-order valence-electron chi connectivity index (χ4n) is 2.15. The van der Waals surface area contributed by atoms with Crippen molar-refractivity contribution >= 4 is 51.1 Å². The summed E-state index contributed by atoms with van der Waals surface area (Å²) in [4.78, 5) is 6.50. The molecule has 0 amide bonds. The molecule has 0 atom stereocenters. The number of methoxy groups -OCH3 is 2. The number of hydrogen-bond donors (Lipinski definition) is 3. The molecule has 0 aliphatic carbocycles. The molecule has 3 aromatic rings. The number of rotatable bonds is 8. The molecule has 0 radical (unpaired) electrons. The molecule has 1 aromatic carbocycles. The van der Waals surface area contributed by atoms with Gasteiger partial charge in [0.15, 0.2) is 5.13 Å². The zero-order valence-electron chi connectivity index (χ0n) is 14.2. The van der Waals surface area contributed by atoms with Crippen LogP contribution in [-0.2, 0) is 5.75 Å². The maximum Gasteiger partial charge on any atom is 0.187 e. The van der Waals surface area contributed by atoms with E-state index in [1.54, 1.807) is 26.0 Å². The van der Waals surface area contributed by atoms with Crippen LogP contribution in [0.25, 0.3) is 0 Å². The van der Waals surface area contributed by atoms with Gasteiger partial charge in [-0.3, -0.25) is 5.41 Å². The number of hydrogen-bond acceptors (Lipinski definition) is 8. The third kappa shape index (κ3) is 4.48. The van der Waals surface area contributed by atoms with Crippen LogP contribution in [0, 0.1) is 5.41 Å². The maximum absolute atomic E-state index is 7.46. The third-order valence-corrected chi connectivity index (χ3v) is 6.36. The molecule has 0 saturated heterocycles. The van der Waals surface area contributed by atoms with Gasteiger partial charge in [-0.05, 0) is 18.2 Å². The summed E-state index contributed by atoms with van der Waals surface area (Å²) in [7, 11) is 3.26. The van der Waals surface area contributed by atoms with Crippen LogP contribution in [0.2, 0.25) is 0 Å². The van der Waals surface area contributed by atoms with Crippen LogP contribution in [-0.4, -0.2) is 25.0 Å². The van der Waals surface area contributed by atoms with Crippen LogP contribution in [0.5, 0.6) is 11.5 Å². The van der Waals surface area contributed by atoms with Gasteiger partial charge in [0.05, 0.1) is 30.5 Å². The fraction of sp³-hybridized carbons (Fsp3) is 0.176. The largest absolute Gasteiger partial charge is 0.497 e. The fourth-order valence-corrected chi connectivity index (χ4v) is 4.77. The molecule has 2 heterocycles. The second-order valence-corrected chi connectivity index (χ2v) is 8.00. The first-order valence-electron chi connectivity index (χ1n) is 7.58. The van der Waals surface area contributed by atoms with E-state index in [0.717, 1.165) is 43.5 Å². The molecule has 3 rings (SSSR count).